The number of rotatable bonds is 9. The summed E-state index contributed by atoms with van der Waals surface area (Å²) >= 11 is 5.83. The van der Waals surface area contributed by atoms with Crippen molar-refractivity contribution in [3.05, 3.63) is 95.0 Å². The number of sulfonamides is 1. The molecule has 2 amide bonds. The SMILES string of the molecule is CC(C)(Oc1ccc(CCNC(=O)c2ccc(Cl)cc2)cc1)C(=O)NS(=O)(=O)c1ccccc1. The Morgan fingerprint density at radius 3 is 2.15 bits per heavy atom. The number of hydrogen-bond donors (Lipinski definition) is 2. The monoisotopic (exact) mass is 500 g/mol. The molecule has 0 saturated heterocycles. The van der Waals surface area contributed by atoms with Crippen LogP contribution in [0.1, 0.15) is 29.8 Å². The van der Waals surface area contributed by atoms with Gasteiger partial charge in [-0.1, -0.05) is 41.9 Å². The molecule has 0 atom stereocenters. The molecule has 9 heteroatoms. The molecule has 3 aromatic rings. The highest BCUT2D eigenvalue weighted by Crippen LogP contribution is 2.20. The third-order valence-corrected chi connectivity index (χ3v) is 6.53. The first-order chi connectivity index (χ1) is 16.1. The maximum atomic E-state index is 12.6. The van der Waals surface area contributed by atoms with Gasteiger partial charge in [-0.2, -0.15) is 0 Å². The van der Waals surface area contributed by atoms with E-state index in [1.165, 1.54) is 26.0 Å². The summed E-state index contributed by atoms with van der Waals surface area (Å²) in [4.78, 5) is 24.8. The average Bonchev–Trinajstić information content (AvgIpc) is 2.80. The van der Waals surface area contributed by atoms with E-state index in [0.717, 1.165) is 5.56 Å². The molecule has 0 aliphatic carbocycles. The Bertz CT molecular complexity index is 1240. The van der Waals surface area contributed by atoms with Crippen molar-refractivity contribution in [2.45, 2.75) is 30.8 Å². The molecule has 0 unspecified atom stereocenters. The van der Waals surface area contributed by atoms with E-state index in [1.54, 1.807) is 54.6 Å². The van der Waals surface area contributed by atoms with Crippen molar-refractivity contribution in [1.82, 2.24) is 10.0 Å². The Balaban J connectivity index is 1.53. The minimum atomic E-state index is -4.00. The molecule has 2 N–H and O–H groups in total. The minimum absolute atomic E-state index is 0.00773. The van der Waals surface area contributed by atoms with Gasteiger partial charge in [0.1, 0.15) is 5.75 Å². The molecule has 0 saturated carbocycles. The minimum Gasteiger partial charge on any atom is -0.478 e. The summed E-state index contributed by atoms with van der Waals surface area (Å²) in [6.45, 7) is 3.42. The highest BCUT2D eigenvalue weighted by Gasteiger charge is 2.33. The van der Waals surface area contributed by atoms with E-state index in [-0.39, 0.29) is 10.8 Å². The highest BCUT2D eigenvalue weighted by atomic mass is 35.5. The average molecular weight is 501 g/mol. The van der Waals surface area contributed by atoms with Crippen LogP contribution in [0.25, 0.3) is 0 Å². The molecular weight excluding hydrogens is 476 g/mol. The Morgan fingerprint density at radius 2 is 1.53 bits per heavy atom. The Labute approximate surface area is 204 Å². The predicted molar refractivity (Wildman–Crippen MR) is 130 cm³/mol. The maximum absolute atomic E-state index is 12.6. The fourth-order valence-corrected chi connectivity index (χ4v) is 4.24. The second kappa shape index (κ2) is 10.7. The Hall–Kier alpha value is -3.36. The third kappa shape index (κ3) is 6.82. The summed E-state index contributed by atoms with van der Waals surface area (Å²) in [6.07, 6.45) is 0.596. The van der Waals surface area contributed by atoms with Crippen molar-refractivity contribution in [3.63, 3.8) is 0 Å². The van der Waals surface area contributed by atoms with E-state index < -0.39 is 21.5 Å². The molecule has 0 radical (unpaired) electrons. The quantitative estimate of drug-likeness (QED) is 0.463. The van der Waals surface area contributed by atoms with Gasteiger partial charge in [-0.3, -0.25) is 9.59 Å². The van der Waals surface area contributed by atoms with Crippen LogP contribution in [0.4, 0.5) is 0 Å². The zero-order valence-electron chi connectivity index (χ0n) is 18.7. The van der Waals surface area contributed by atoms with E-state index in [2.05, 4.69) is 10.0 Å². The largest absolute Gasteiger partial charge is 0.478 e. The number of carbonyl (C=O) groups is 2. The predicted octanol–water partition coefficient (Wildman–Crippen LogP) is 3.98. The number of nitrogens with one attached hydrogen (secondary N) is 2. The summed E-state index contributed by atoms with van der Waals surface area (Å²) in [7, 11) is -4.00. The number of hydrogen-bond acceptors (Lipinski definition) is 5. The van der Waals surface area contributed by atoms with Crippen molar-refractivity contribution < 1.29 is 22.7 Å². The molecule has 7 nitrogen and oxygen atoms in total. The fourth-order valence-electron chi connectivity index (χ4n) is 2.99. The van der Waals surface area contributed by atoms with Crippen molar-refractivity contribution in [1.29, 1.82) is 0 Å². The molecular formula is C25H25ClN2O5S. The van der Waals surface area contributed by atoms with Crippen LogP contribution in [0.2, 0.25) is 5.02 Å². The highest BCUT2D eigenvalue weighted by molar-refractivity contribution is 7.90. The third-order valence-electron chi connectivity index (χ3n) is 4.93. The molecule has 0 aliphatic rings. The maximum Gasteiger partial charge on any atom is 0.277 e. The first-order valence-corrected chi connectivity index (χ1v) is 12.4. The first-order valence-electron chi connectivity index (χ1n) is 10.5. The fraction of sp³-hybridized carbons (Fsp3) is 0.200. The van der Waals surface area contributed by atoms with Crippen molar-refractivity contribution in [3.8, 4) is 5.75 Å². The van der Waals surface area contributed by atoms with Gasteiger partial charge in [0.25, 0.3) is 21.8 Å². The van der Waals surface area contributed by atoms with Gasteiger partial charge >= 0.3 is 0 Å². The molecule has 0 fully saturated rings. The number of benzene rings is 3. The molecule has 0 heterocycles. The lowest BCUT2D eigenvalue weighted by Crippen LogP contribution is -2.48. The Morgan fingerprint density at radius 1 is 0.912 bits per heavy atom. The number of amides is 2. The lowest BCUT2D eigenvalue weighted by Gasteiger charge is -2.25. The van der Waals surface area contributed by atoms with Gasteiger partial charge in [0, 0.05) is 17.1 Å². The van der Waals surface area contributed by atoms with E-state index >= 15 is 0 Å². The molecule has 178 valence electrons. The standard InChI is InChI=1S/C25H25ClN2O5S/c1-25(2,24(30)28-34(31,32)22-6-4-3-5-7-22)33-21-14-8-18(9-15-21)16-17-27-23(29)19-10-12-20(26)13-11-19/h3-15H,16-17H2,1-2H3,(H,27,29)(H,28,30). The zero-order chi connectivity index (χ0) is 24.8. The summed E-state index contributed by atoms with van der Waals surface area (Å²) in [5, 5.41) is 3.41. The lowest BCUT2D eigenvalue weighted by atomic mass is 10.1. The van der Waals surface area contributed by atoms with Crippen LogP contribution in [0.3, 0.4) is 0 Å². The van der Waals surface area contributed by atoms with Gasteiger partial charge in [0.2, 0.25) is 0 Å². The number of carbonyl (C=O) groups excluding carboxylic acids is 2. The van der Waals surface area contributed by atoms with Crippen molar-refractivity contribution >= 4 is 33.4 Å². The molecule has 0 spiro atoms. The van der Waals surface area contributed by atoms with Crippen LogP contribution in [-0.4, -0.2) is 32.4 Å². The molecule has 3 aromatic carbocycles. The van der Waals surface area contributed by atoms with Crippen LogP contribution in [0.15, 0.2) is 83.8 Å². The van der Waals surface area contributed by atoms with Gasteiger partial charge in [-0.25, -0.2) is 13.1 Å². The zero-order valence-corrected chi connectivity index (χ0v) is 20.3. The molecule has 0 aromatic heterocycles. The summed E-state index contributed by atoms with van der Waals surface area (Å²) in [5.41, 5.74) is 0.0521. The van der Waals surface area contributed by atoms with Crippen LogP contribution in [0.5, 0.6) is 5.75 Å². The lowest BCUT2D eigenvalue weighted by molar-refractivity contribution is -0.132. The molecule has 0 bridgehead atoms. The van der Waals surface area contributed by atoms with Gasteiger partial charge in [-0.05, 0) is 74.4 Å². The number of halogens is 1. The van der Waals surface area contributed by atoms with E-state index in [0.29, 0.717) is 29.3 Å². The number of ether oxygens (including phenoxy) is 1. The molecule has 34 heavy (non-hydrogen) atoms. The first kappa shape index (κ1) is 25.3. The Kier molecular flexibility index (Phi) is 7.96. The van der Waals surface area contributed by atoms with E-state index in [1.807, 2.05) is 12.1 Å². The summed E-state index contributed by atoms with van der Waals surface area (Å²) in [6, 6.07) is 21.3. The van der Waals surface area contributed by atoms with Gasteiger partial charge in [0.15, 0.2) is 5.60 Å². The smallest absolute Gasteiger partial charge is 0.277 e. The molecule has 3 rings (SSSR count). The van der Waals surface area contributed by atoms with Crippen LogP contribution in [0, 0.1) is 0 Å². The second-order valence-electron chi connectivity index (χ2n) is 8.02. The summed E-state index contributed by atoms with van der Waals surface area (Å²) < 4.78 is 32.6. The van der Waals surface area contributed by atoms with Crippen molar-refractivity contribution in [2.75, 3.05) is 6.54 Å². The molecule has 0 aliphatic heterocycles. The van der Waals surface area contributed by atoms with E-state index in [4.69, 9.17) is 16.3 Å². The van der Waals surface area contributed by atoms with Crippen LogP contribution >= 0.6 is 11.6 Å². The van der Waals surface area contributed by atoms with Gasteiger partial charge in [0.05, 0.1) is 4.90 Å². The van der Waals surface area contributed by atoms with Gasteiger partial charge in [-0.15, -0.1) is 0 Å². The summed E-state index contributed by atoms with van der Waals surface area (Å²) in [5.74, 6) is -0.564. The van der Waals surface area contributed by atoms with Crippen LogP contribution < -0.4 is 14.8 Å². The van der Waals surface area contributed by atoms with Gasteiger partial charge < -0.3 is 10.1 Å². The normalized spacial score (nSPS) is 11.5. The van der Waals surface area contributed by atoms with E-state index in [9.17, 15) is 18.0 Å². The second-order valence-corrected chi connectivity index (χ2v) is 10.1. The topological polar surface area (TPSA) is 102 Å². The van der Waals surface area contributed by atoms with Crippen LogP contribution in [-0.2, 0) is 21.2 Å². The van der Waals surface area contributed by atoms with Crippen molar-refractivity contribution in [2.24, 2.45) is 0 Å².